The fraction of sp³-hybridized carbons (Fsp3) is 0.200. The number of nitrogens with one attached hydrogen (secondary N) is 1. The number of rotatable bonds is 6. The molecule has 4 rings (SSSR count). The molecule has 7 nitrogen and oxygen atoms in total. The van der Waals surface area contributed by atoms with Crippen LogP contribution in [0.25, 0.3) is 16.7 Å². The van der Waals surface area contributed by atoms with E-state index < -0.39 is 17.5 Å². The van der Waals surface area contributed by atoms with Gasteiger partial charge in [0.2, 0.25) is 11.7 Å². The summed E-state index contributed by atoms with van der Waals surface area (Å²) < 4.78 is 30.3. The molecule has 0 saturated heterocycles. The summed E-state index contributed by atoms with van der Waals surface area (Å²) in [6, 6.07) is 7.74. The highest BCUT2D eigenvalue weighted by Gasteiger charge is 2.18. The fourth-order valence-corrected chi connectivity index (χ4v) is 4.10. The van der Waals surface area contributed by atoms with Crippen LogP contribution in [0.15, 0.2) is 46.3 Å². The maximum Gasteiger partial charge on any atom is 0.262 e. The molecule has 0 bridgehead atoms. The van der Waals surface area contributed by atoms with E-state index >= 15 is 0 Å². The lowest BCUT2D eigenvalue weighted by atomic mass is 10.2. The summed E-state index contributed by atoms with van der Waals surface area (Å²) in [6.45, 7) is 2.37. The number of thioether (sulfide) groups is 1. The predicted octanol–water partition coefficient (Wildman–Crippen LogP) is 4.12. The zero-order chi connectivity index (χ0) is 22.1. The molecule has 2 aromatic carbocycles. The van der Waals surface area contributed by atoms with Gasteiger partial charge in [-0.1, -0.05) is 30.3 Å². The second-order valence-electron chi connectivity index (χ2n) is 6.70. The highest BCUT2D eigenvalue weighted by Crippen LogP contribution is 2.24. The zero-order valence-electron chi connectivity index (χ0n) is 16.2. The Morgan fingerprint density at radius 2 is 2.00 bits per heavy atom. The van der Waals surface area contributed by atoms with E-state index in [9.17, 15) is 18.4 Å². The molecule has 1 N–H and O–H groups in total. The molecule has 0 aliphatic rings. The van der Waals surface area contributed by atoms with Gasteiger partial charge in [0.1, 0.15) is 11.6 Å². The maximum absolute atomic E-state index is 13.8. The number of benzene rings is 2. The molecule has 0 fully saturated rings. The molecule has 160 valence electrons. The number of carbonyl (C=O) groups excluding carboxylic acids is 1. The smallest absolute Gasteiger partial charge is 0.262 e. The van der Waals surface area contributed by atoms with Crippen LogP contribution in [0.5, 0.6) is 0 Å². The number of hydrogen-bond acceptors (Lipinski definition) is 5. The summed E-state index contributed by atoms with van der Waals surface area (Å²) in [5.41, 5.74) is 0.0875. The number of halogens is 3. The molecule has 0 atom stereocenters. The number of fused-ring (bicyclic) bond motifs is 3. The van der Waals surface area contributed by atoms with Crippen LogP contribution in [0.4, 0.5) is 14.5 Å². The van der Waals surface area contributed by atoms with Gasteiger partial charge < -0.3 is 5.32 Å². The van der Waals surface area contributed by atoms with E-state index in [-0.39, 0.29) is 17.0 Å². The number of amides is 1. The molecule has 0 spiro atoms. The van der Waals surface area contributed by atoms with Crippen LogP contribution >= 0.6 is 23.4 Å². The molecule has 0 aliphatic carbocycles. The summed E-state index contributed by atoms with van der Waals surface area (Å²) in [5.74, 6) is -1.72. The van der Waals surface area contributed by atoms with E-state index in [1.54, 1.807) is 22.6 Å². The van der Waals surface area contributed by atoms with Crippen molar-refractivity contribution in [1.29, 1.82) is 0 Å². The number of aryl methyl sites for hydroxylation is 1. The summed E-state index contributed by atoms with van der Waals surface area (Å²) >= 11 is 7.14. The predicted molar refractivity (Wildman–Crippen MR) is 116 cm³/mol. The SMILES string of the molecule is CCCn1c(=O)c2cc(Cl)ccc2n2c(SCC(=O)Nc3cc(F)ccc3F)nnc12. The van der Waals surface area contributed by atoms with E-state index in [4.69, 9.17) is 11.6 Å². The number of nitrogens with zero attached hydrogens (tertiary/aromatic N) is 4. The minimum atomic E-state index is -0.737. The Bertz CT molecular complexity index is 1370. The molecular weight excluding hydrogens is 448 g/mol. The normalized spacial score (nSPS) is 11.4. The van der Waals surface area contributed by atoms with E-state index in [1.807, 2.05) is 6.92 Å². The zero-order valence-corrected chi connectivity index (χ0v) is 17.8. The average Bonchev–Trinajstić information content (AvgIpc) is 3.16. The van der Waals surface area contributed by atoms with Crippen molar-refractivity contribution in [3.05, 3.63) is 63.4 Å². The second kappa shape index (κ2) is 8.64. The maximum atomic E-state index is 13.8. The summed E-state index contributed by atoms with van der Waals surface area (Å²) in [5, 5.41) is 11.8. The highest BCUT2D eigenvalue weighted by atomic mass is 35.5. The molecule has 31 heavy (non-hydrogen) atoms. The number of hydrogen-bond donors (Lipinski definition) is 1. The van der Waals surface area contributed by atoms with Gasteiger partial charge in [-0.3, -0.25) is 18.6 Å². The van der Waals surface area contributed by atoms with Crippen LogP contribution in [0.2, 0.25) is 5.02 Å². The van der Waals surface area contributed by atoms with Gasteiger partial charge in [-0.15, -0.1) is 10.2 Å². The van der Waals surface area contributed by atoms with Crippen LogP contribution in [0.3, 0.4) is 0 Å². The third-order valence-corrected chi connectivity index (χ3v) is 5.68. The first-order valence-corrected chi connectivity index (χ1v) is 10.7. The van der Waals surface area contributed by atoms with Gasteiger partial charge in [-0.25, -0.2) is 8.78 Å². The van der Waals surface area contributed by atoms with Crippen molar-refractivity contribution in [3.63, 3.8) is 0 Å². The van der Waals surface area contributed by atoms with Crippen molar-refractivity contribution in [3.8, 4) is 0 Å². The summed E-state index contributed by atoms with van der Waals surface area (Å²) in [4.78, 5) is 25.2. The molecule has 0 unspecified atom stereocenters. The number of anilines is 1. The third-order valence-electron chi connectivity index (χ3n) is 4.51. The first-order chi connectivity index (χ1) is 14.9. The topological polar surface area (TPSA) is 81.3 Å². The molecule has 0 saturated carbocycles. The Morgan fingerprint density at radius 1 is 1.19 bits per heavy atom. The Morgan fingerprint density at radius 3 is 2.77 bits per heavy atom. The van der Waals surface area contributed by atoms with Gasteiger partial charge in [-0.05, 0) is 36.8 Å². The minimum Gasteiger partial charge on any atom is -0.323 e. The fourth-order valence-electron chi connectivity index (χ4n) is 3.19. The molecule has 2 heterocycles. The first-order valence-electron chi connectivity index (χ1n) is 9.34. The van der Waals surface area contributed by atoms with Gasteiger partial charge in [0.25, 0.3) is 5.56 Å². The van der Waals surface area contributed by atoms with Crippen molar-refractivity contribution in [2.24, 2.45) is 0 Å². The van der Waals surface area contributed by atoms with Crippen molar-refractivity contribution in [1.82, 2.24) is 19.2 Å². The van der Waals surface area contributed by atoms with Gasteiger partial charge in [0.15, 0.2) is 5.16 Å². The summed E-state index contributed by atoms with van der Waals surface area (Å²) in [6.07, 6.45) is 0.707. The van der Waals surface area contributed by atoms with E-state index in [0.29, 0.717) is 39.8 Å². The second-order valence-corrected chi connectivity index (χ2v) is 8.08. The van der Waals surface area contributed by atoms with E-state index in [0.717, 1.165) is 30.0 Å². The Labute approximate surface area is 184 Å². The molecule has 2 aromatic heterocycles. The van der Waals surface area contributed by atoms with Crippen molar-refractivity contribution >= 4 is 51.6 Å². The Hall–Kier alpha value is -2.98. The number of carbonyl (C=O) groups is 1. The highest BCUT2D eigenvalue weighted by molar-refractivity contribution is 7.99. The molecule has 0 radical (unpaired) electrons. The van der Waals surface area contributed by atoms with Crippen LogP contribution in [0.1, 0.15) is 13.3 Å². The number of aromatic nitrogens is 4. The molecule has 4 aromatic rings. The molecular formula is C20H16ClF2N5O2S. The van der Waals surface area contributed by atoms with Crippen LogP contribution in [-0.4, -0.2) is 30.8 Å². The third kappa shape index (κ3) is 4.13. The van der Waals surface area contributed by atoms with Gasteiger partial charge >= 0.3 is 0 Å². The van der Waals surface area contributed by atoms with E-state index in [2.05, 4.69) is 15.5 Å². The molecule has 11 heteroatoms. The van der Waals surface area contributed by atoms with Crippen LogP contribution in [-0.2, 0) is 11.3 Å². The lowest BCUT2D eigenvalue weighted by Crippen LogP contribution is -2.23. The van der Waals surface area contributed by atoms with Gasteiger partial charge in [0, 0.05) is 17.6 Å². The molecule has 1 amide bonds. The van der Waals surface area contributed by atoms with E-state index in [1.165, 1.54) is 4.57 Å². The molecule has 0 aliphatic heterocycles. The van der Waals surface area contributed by atoms with Crippen molar-refractivity contribution in [2.45, 2.75) is 25.0 Å². The van der Waals surface area contributed by atoms with Crippen LogP contribution < -0.4 is 10.9 Å². The lowest BCUT2D eigenvalue weighted by Gasteiger charge is -2.11. The average molecular weight is 464 g/mol. The van der Waals surface area contributed by atoms with Crippen LogP contribution in [0, 0.1) is 11.6 Å². The quantitative estimate of drug-likeness (QED) is 0.435. The monoisotopic (exact) mass is 463 g/mol. The lowest BCUT2D eigenvalue weighted by molar-refractivity contribution is -0.113. The largest absolute Gasteiger partial charge is 0.323 e. The standard InChI is InChI=1S/C20H16ClF2N5O2S/c1-2-7-27-18(30)13-8-11(21)3-6-16(13)28-19(27)25-26-20(28)31-10-17(29)24-15-9-12(22)4-5-14(15)23/h3-6,8-9H,2,7,10H2,1H3,(H,24,29). The van der Waals surface area contributed by atoms with Gasteiger partial charge in [0.05, 0.1) is 22.3 Å². The Kier molecular flexibility index (Phi) is 5.92. The Balaban J connectivity index is 1.68. The summed E-state index contributed by atoms with van der Waals surface area (Å²) in [7, 11) is 0. The van der Waals surface area contributed by atoms with Gasteiger partial charge in [-0.2, -0.15) is 0 Å². The van der Waals surface area contributed by atoms with Crippen molar-refractivity contribution in [2.75, 3.05) is 11.1 Å². The minimum absolute atomic E-state index is 0.126. The first kappa shape index (κ1) is 21.3. The van der Waals surface area contributed by atoms with Crippen molar-refractivity contribution < 1.29 is 13.6 Å².